The molecule has 112 valence electrons. The van der Waals surface area contributed by atoms with Gasteiger partial charge in [-0.3, -0.25) is 4.79 Å². The molecule has 1 N–H and O–H groups in total. The van der Waals surface area contributed by atoms with Crippen molar-refractivity contribution in [3.8, 4) is 0 Å². The van der Waals surface area contributed by atoms with Crippen LogP contribution in [0.15, 0.2) is 24.3 Å². The maximum absolute atomic E-state index is 12.1. The fourth-order valence-corrected chi connectivity index (χ4v) is 4.55. The second kappa shape index (κ2) is 4.47. The molecule has 1 aromatic carbocycles. The first-order valence-electron chi connectivity index (χ1n) is 7.86. The van der Waals surface area contributed by atoms with Crippen LogP contribution < -0.4 is 10.2 Å². The number of nitrogens with zero attached hydrogens (tertiary/aromatic N) is 1. The van der Waals surface area contributed by atoms with Crippen LogP contribution in [0.4, 0.5) is 5.69 Å². The number of fused-ring (bicyclic) bond motifs is 3. The van der Waals surface area contributed by atoms with Crippen LogP contribution in [0.5, 0.6) is 0 Å². The lowest BCUT2D eigenvalue weighted by molar-refractivity contribution is -0.210. The first kappa shape index (κ1) is 13.1. The van der Waals surface area contributed by atoms with Crippen LogP contribution in [0.3, 0.4) is 0 Å². The number of para-hydroxylation sites is 1. The maximum Gasteiger partial charge on any atom is 0.253 e. The van der Waals surface area contributed by atoms with Gasteiger partial charge in [-0.1, -0.05) is 12.1 Å². The Morgan fingerprint density at radius 3 is 2.95 bits per heavy atom. The van der Waals surface area contributed by atoms with E-state index in [2.05, 4.69) is 23.2 Å². The zero-order chi connectivity index (χ0) is 14.5. The van der Waals surface area contributed by atoms with Gasteiger partial charge in [-0.05, 0) is 43.7 Å². The predicted molar refractivity (Wildman–Crippen MR) is 81.6 cm³/mol. The lowest BCUT2D eigenvalue weighted by Gasteiger charge is -2.60. The van der Waals surface area contributed by atoms with E-state index in [9.17, 15) is 4.79 Å². The number of hydrogen-bond donors (Lipinski definition) is 1. The smallest absolute Gasteiger partial charge is 0.253 e. The summed E-state index contributed by atoms with van der Waals surface area (Å²) in [6.07, 6.45) is 3.45. The molecule has 3 aliphatic heterocycles. The molecular weight excluding hydrogens is 264 g/mol. The largest absolute Gasteiger partial charge is 0.375 e. The minimum absolute atomic E-state index is 0.0519. The van der Waals surface area contributed by atoms with Crippen LogP contribution >= 0.6 is 0 Å². The Morgan fingerprint density at radius 2 is 2.14 bits per heavy atom. The van der Waals surface area contributed by atoms with Gasteiger partial charge in [0, 0.05) is 31.9 Å². The number of nitrogens with one attached hydrogen (secondary N) is 1. The Kier molecular flexibility index (Phi) is 2.80. The van der Waals surface area contributed by atoms with Crippen molar-refractivity contribution in [3.63, 3.8) is 0 Å². The first-order valence-corrected chi connectivity index (χ1v) is 7.86. The Bertz CT molecular complexity index is 578. The molecule has 5 rings (SSSR count). The zero-order valence-electron chi connectivity index (χ0n) is 12.5. The molecule has 1 saturated carbocycles. The number of anilines is 1. The van der Waals surface area contributed by atoms with Crippen molar-refractivity contribution in [2.75, 3.05) is 31.1 Å². The molecule has 1 amide bonds. The third kappa shape index (κ3) is 2.13. The number of ether oxygens (including phenoxy) is 1. The molecule has 2 bridgehead atoms. The molecule has 0 unspecified atom stereocenters. The van der Waals surface area contributed by atoms with E-state index in [0.29, 0.717) is 5.41 Å². The number of rotatable bonds is 2. The van der Waals surface area contributed by atoms with Gasteiger partial charge in [0.05, 0.1) is 11.2 Å². The van der Waals surface area contributed by atoms with E-state index >= 15 is 0 Å². The van der Waals surface area contributed by atoms with E-state index in [0.717, 1.165) is 56.8 Å². The Labute approximate surface area is 125 Å². The van der Waals surface area contributed by atoms with E-state index in [1.165, 1.54) is 0 Å². The Hall–Kier alpha value is -1.55. The van der Waals surface area contributed by atoms with Crippen molar-refractivity contribution in [2.45, 2.75) is 31.8 Å². The summed E-state index contributed by atoms with van der Waals surface area (Å²) in [6, 6.07) is 7.97. The number of benzene rings is 1. The monoisotopic (exact) mass is 286 g/mol. The molecule has 4 aliphatic rings. The summed E-state index contributed by atoms with van der Waals surface area (Å²) in [7, 11) is 0. The van der Waals surface area contributed by atoms with Gasteiger partial charge in [-0.15, -0.1) is 0 Å². The molecule has 21 heavy (non-hydrogen) atoms. The predicted octanol–water partition coefficient (Wildman–Crippen LogP) is 2.20. The van der Waals surface area contributed by atoms with E-state index < -0.39 is 0 Å². The van der Waals surface area contributed by atoms with Gasteiger partial charge in [-0.25, -0.2) is 0 Å². The number of amides is 1. The molecular formula is C17H22N2O2. The van der Waals surface area contributed by atoms with Crippen LogP contribution in [0.2, 0.25) is 0 Å². The third-order valence-electron chi connectivity index (χ3n) is 5.26. The SMILES string of the molecule is CC12CC(CN3CCNC(=O)c4ccccc43)(CCO1)C2. The highest BCUT2D eigenvalue weighted by Crippen LogP contribution is 2.56. The standard InChI is InChI=1S/C17H22N2O2/c1-16-10-17(11-16,6-9-21-16)12-19-8-7-18-15(20)13-4-2-3-5-14(13)19/h2-5H,6-12H2,1H3,(H,18,20). The van der Waals surface area contributed by atoms with Crippen molar-refractivity contribution in [1.29, 1.82) is 0 Å². The first-order chi connectivity index (χ1) is 10.1. The Balaban J connectivity index is 1.61. The van der Waals surface area contributed by atoms with Crippen LogP contribution in [0.25, 0.3) is 0 Å². The minimum atomic E-state index is 0.0519. The highest BCUT2D eigenvalue weighted by molar-refractivity contribution is 6.00. The molecule has 1 aliphatic carbocycles. The summed E-state index contributed by atoms with van der Waals surface area (Å²) >= 11 is 0. The van der Waals surface area contributed by atoms with E-state index in [1.54, 1.807) is 0 Å². The van der Waals surface area contributed by atoms with Crippen molar-refractivity contribution in [1.82, 2.24) is 5.32 Å². The van der Waals surface area contributed by atoms with Gasteiger partial charge < -0.3 is 15.0 Å². The summed E-state index contributed by atoms with van der Waals surface area (Å²) < 4.78 is 5.87. The fourth-order valence-electron chi connectivity index (χ4n) is 4.55. The lowest BCUT2D eigenvalue weighted by atomic mass is 9.56. The highest BCUT2D eigenvalue weighted by atomic mass is 16.5. The molecule has 4 nitrogen and oxygen atoms in total. The second-order valence-electron chi connectivity index (χ2n) is 7.10. The number of carbonyl (C=O) groups is 1. The van der Waals surface area contributed by atoms with Gasteiger partial charge in [0.15, 0.2) is 0 Å². The van der Waals surface area contributed by atoms with Crippen molar-refractivity contribution < 1.29 is 9.53 Å². The van der Waals surface area contributed by atoms with Gasteiger partial charge in [0.2, 0.25) is 0 Å². The summed E-state index contributed by atoms with van der Waals surface area (Å²) in [5.41, 5.74) is 2.38. The quantitative estimate of drug-likeness (QED) is 0.906. The topological polar surface area (TPSA) is 41.6 Å². The molecule has 3 fully saturated rings. The second-order valence-corrected chi connectivity index (χ2v) is 7.10. The van der Waals surface area contributed by atoms with E-state index in [1.807, 2.05) is 18.2 Å². The van der Waals surface area contributed by atoms with E-state index in [4.69, 9.17) is 4.74 Å². The van der Waals surface area contributed by atoms with Crippen LogP contribution in [0.1, 0.15) is 36.5 Å². The fraction of sp³-hybridized carbons (Fsp3) is 0.588. The summed E-state index contributed by atoms with van der Waals surface area (Å²) in [4.78, 5) is 14.5. The van der Waals surface area contributed by atoms with Gasteiger partial charge in [0.1, 0.15) is 0 Å². The van der Waals surface area contributed by atoms with Gasteiger partial charge >= 0.3 is 0 Å². The van der Waals surface area contributed by atoms with Gasteiger partial charge in [-0.2, -0.15) is 0 Å². The maximum atomic E-state index is 12.1. The molecule has 3 heterocycles. The van der Waals surface area contributed by atoms with Crippen molar-refractivity contribution in [2.24, 2.45) is 5.41 Å². The Morgan fingerprint density at radius 1 is 1.33 bits per heavy atom. The van der Waals surface area contributed by atoms with Crippen molar-refractivity contribution >= 4 is 11.6 Å². The van der Waals surface area contributed by atoms with Gasteiger partial charge in [0.25, 0.3) is 5.91 Å². The summed E-state index contributed by atoms with van der Waals surface area (Å²) in [5, 5.41) is 3.00. The normalized spacial score (nSPS) is 34.5. The summed E-state index contributed by atoms with van der Waals surface area (Å²) in [5.74, 6) is 0.0519. The number of hydrogen-bond acceptors (Lipinski definition) is 3. The molecule has 0 spiro atoms. The average Bonchev–Trinajstić information content (AvgIpc) is 2.59. The van der Waals surface area contributed by atoms with Crippen LogP contribution in [-0.2, 0) is 4.74 Å². The zero-order valence-corrected chi connectivity index (χ0v) is 12.5. The third-order valence-corrected chi connectivity index (χ3v) is 5.26. The van der Waals surface area contributed by atoms with E-state index in [-0.39, 0.29) is 11.5 Å². The molecule has 2 saturated heterocycles. The summed E-state index contributed by atoms with van der Waals surface area (Å²) in [6.45, 7) is 5.76. The van der Waals surface area contributed by atoms with Crippen LogP contribution in [-0.4, -0.2) is 37.7 Å². The molecule has 1 aromatic rings. The van der Waals surface area contributed by atoms with Crippen molar-refractivity contribution in [3.05, 3.63) is 29.8 Å². The lowest BCUT2D eigenvalue weighted by Crippen LogP contribution is -2.60. The molecule has 0 atom stereocenters. The molecule has 0 aromatic heterocycles. The number of carbonyl (C=O) groups excluding carboxylic acids is 1. The molecule has 4 heteroatoms. The highest BCUT2D eigenvalue weighted by Gasteiger charge is 2.56. The molecule has 0 radical (unpaired) electrons. The van der Waals surface area contributed by atoms with Crippen LogP contribution in [0, 0.1) is 5.41 Å². The minimum Gasteiger partial charge on any atom is -0.375 e. The average molecular weight is 286 g/mol.